The van der Waals surface area contributed by atoms with Gasteiger partial charge in [0.15, 0.2) is 0 Å². The Balaban J connectivity index is 1.62. The topological polar surface area (TPSA) is 33.1 Å². The molecule has 0 amide bonds. The molecule has 1 N–H and O–H groups in total. The molecule has 2 fully saturated rings. The van der Waals surface area contributed by atoms with Gasteiger partial charge in [0.25, 0.3) is 0 Å². The van der Waals surface area contributed by atoms with Gasteiger partial charge in [-0.05, 0) is 25.8 Å². The average Bonchev–Trinajstić information content (AvgIpc) is 3.02. The normalized spacial score (nSPS) is 26.8. The zero-order valence-corrected chi connectivity index (χ0v) is 11.3. The van der Waals surface area contributed by atoms with E-state index in [9.17, 15) is 0 Å². The second-order valence-corrected chi connectivity index (χ2v) is 5.75. The van der Waals surface area contributed by atoms with Gasteiger partial charge in [-0.1, -0.05) is 12.8 Å². The van der Waals surface area contributed by atoms with Crippen LogP contribution in [0.4, 0.5) is 0 Å². The van der Waals surface area contributed by atoms with E-state index in [-0.39, 0.29) is 0 Å². The molecule has 4 heteroatoms. The van der Waals surface area contributed by atoms with Crippen molar-refractivity contribution < 1.29 is 0 Å². The molecule has 0 aromatic carbocycles. The molecule has 1 saturated heterocycles. The van der Waals surface area contributed by atoms with Crippen LogP contribution in [0.15, 0.2) is 12.3 Å². The van der Waals surface area contributed by atoms with E-state index in [1.165, 1.54) is 31.4 Å². The lowest BCUT2D eigenvalue weighted by Crippen LogP contribution is -2.49. The summed E-state index contributed by atoms with van der Waals surface area (Å²) in [6, 6.07) is 3.49. The van der Waals surface area contributed by atoms with E-state index in [1.54, 1.807) is 0 Å². The van der Waals surface area contributed by atoms with Crippen LogP contribution >= 0.6 is 0 Å². The minimum absolute atomic E-state index is 0.621. The molecular weight excluding hydrogens is 224 g/mol. The average molecular weight is 248 g/mol. The highest BCUT2D eigenvalue weighted by Crippen LogP contribution is 2.28. The van der Waals surface area contributed by atoms with Crippen molar-refractivity contribution in [3.63, 3.8) is 0 Å². The highest BCUT2D eigenvalue weighted by atomic mass is 15.3. The van der Waals surface area contributed by atoms with Crippen molar-refractivity contribution in [2.24, 2.45) is 0 Å². The third kappa shape index (κ3) is 2.59. The van der Waals surface area contributed by atoms with Gasteiger partial charge in [-0.2, -0.15) is 5.10 Å². The van der Waals surface area contributed by atoms with Crippen LogP contribution in [0.3, 0.4) is 0 Å². The third-order valence-corrected chi connectivity index (χ3v) is 4.37. The second-order valence-electron chi connectivity index (χ2n) is 5.75. The highest BCUT2D eigenvalue weighted by Gasteiger charge is 2.20. The Morgan fingerprint density at radius 2 is 2.22 bits per heavy atom. The van der Waals surface area contributed by atoms with Crippen LogP contribution in [-0.4, -0.2) is 40.4 Å². The molecule has 0 spiro atoms. The maximum atomic E-state index is 4.78. The van der Waals surface area contributed by atoms with E-state index in [2.05, 4.69) is 34.1 Å². The fourth-order valence-corrected chi connectivity index (χ4v) is 3.16. The summed E-state index contributed by atoms with van der Waals surface area (Å²) in [6.07, 6.45) is 7.54. The van der Waals surface area contributed by atoms with Gasteiger partial charge in [-0.25, -0.2) is 0 Å². The maximum Gasteiger partial charge on any atom is 0.0765 e. The number of hydrogen-bond donors (Lipinski definition) is 1. The highest BCUT2D eigenvalue weighted by molar-refractivity contribution is 5.01. The quantitative estimate of drug-likeness (QED) is 0.885. The Kier molecular flexibility index (Phi) is 3.66. The Bertz CT molecular complexity index is 381. The monoisotopic (exact) mass is 248 g/mol. The molecular formula is C14H24N4. The van der Waals surface area contributed by atoms with E-state index in [1.807, 2.05) is 0 Å². The van der Waals surface area contributed by atoms with Crippen molar-refractivity contribution >= 4 is 0 Å². The molecule has 100 valence electrons. The van der Waals surface area contributed by atoms with Gasteiger partial charge in [0.2, 0.25) is 0 Å². The molecule has 0 unspecified atom stereocenters. The smallest absolute Gasteiger partial charge is 0.0765 e. The molecule has 1 atom stereocenters. The number of nitrogens with one attached hydrogen (secondary N) is 1. The molecule has 1 aromatic rings. The van der Waals surface area contributed by atoms with E-state index >= 15 is 0 Å². The summed E-state index contributed by atoms with van der Waals surface area (Å²) >= 11 is 0. The van der Waals surface area contributed by atoms with E-state index in [0.29, 0.717) is 12.1 Å². The molecule has 1 aliphatic carbocycles. The summed E-state index contributed by atoms with van der Waals surface area (Å²) in [7, 11) is 0. The van der Waals surface area contributed by atoms with Crippen molar-refractivity contribution in [3.8, 4) is 0 Å². The Morgan fingerprint density at radius 3 is 3.00 bits per heavy atom. The Labute approximate surface area is 109 Å². The lowest BCUT2D eigenvalue weighted by Gasteiger charge is -2.33. The summed E-state index contributed by atoms with van der Waals surface area (Å²) in [4.78, 5) is 2.53. The van der Waals surface area contributed by atoms with Crippen LogP contribution in [-0.2, 0) is 6.54 Å². The molecule has 2 aliphatic rings. The molecule has 2 heterocycles. The molecule has 0 bridgehead atoms. The van der Waals surface area contributed by atoms with Crippen LogP contribution in [0.25, 0.3) is 0 Å². The molecule has 0 radical (unpaired) electrons. The van der Waals surface area contributed by atoms with E-state index in [4.69, 9.17) is 5.10 Å². The van der Waals surface area contributed by atoms with Crippen molar-refractivity contribution in [1.29, 1.82) is 0 Å². The third-order valence-electron chi connectivity index (χ3n) is 4.37. The lowest BCUT2D eigenvalue weighted by molar-refractivity contribution is 0.163. The number of hydrogen-bond acceptors (Lipinski definition) is 3. The van der Waals surface area contributed by atoms with Crippen LogP contribution in [0.1, 0.15) is 44.3 Å². The summed E-state index contributed by atoms with van der Waals surface area (Å²) in [5.41, 5.74) is 1.23. The number of piperazine rings is 1. The fourth-order valence-electron chi connectivity index (χ4n) is 3.16. The summed E-state index contributed by atoms with van der Waals surface area (Å²) in [6.45, 7) is 6.64. The SMILES string of the molecule is C[C@H]1CNCCN1Cc1ccn(C2CCCC2)n1. The fraction of sp³-hybridized carbons (Fsp3) is 0.786. The zero-order valence-electron chi connectivity index (χ0n) is 11.3. The first kappa shape index (κ1) is 12.2. The molecule has 4 nitrogen and oxygen atoms in total. The minimum Gasteiger partial charge on any atom is -0.314 e. The van der Waals surface area contributed by atoms with Gasteiger partial charge < -0.3 is 5.32 Å². The first-order chi connectivity index (χ1) is 8.83. The maximum absolute atomic E-state index is 4.78. The van der Waals surface area contributed by atoms with Crippen molar-refractivity contribution in [1.82, 2.24) is 20.0 Å². The molecule has 1 saturated carbocycles. The summed E-state index contributed by atoms with van der Waals surface area (Å²) in [5.74, 6) is 0. The second kappa shape index (κ2) is 5.41. The predicted octanol–water partition coefficient (Wildman–Crippen LogP) is 1.79. The van der Waals surface area contributed by atoms with Gasteiger partial charge in [-0.3, -0.25) is 9.58 Å². The van der Waals surface area contributed by atoms with E-state index < -0.39 is 0 Å². The Hall–Kier alpha value is -0.870. The number of aromatic nitrogens is 2. The van der Waals surface area contributed by atoms with Gasteiger partial charge in [0, 0.05) is 38.4 Å². The van der Waals surface area contributed by atoms with Crippen LogP contribution < -0.4 is 5.32 Å². The van der Waals surface area contributed by atoms with Gasteiger partial charge in [0.1, 0.15) is 0 Å². The van der Waals surface area contributed by atoms with Gasteiger partial charge in [0.05, 0.1) is 11.7 Å². The molecule has 1 aliphatic heterocycles. The van der Waals surface area contributed by atoms with Crippen molar-refractivity contribution in [3.05, 3.63) is 18.0 Å². The van der Waals surface area contributed by atoms with Crippen LogP contribution in [0, 0.1) is 0 Å². The van der Waals surface area contributed by atoms with Gasteiger partial charge >= 0.3 is 0 Å². The molecule has 3 rings (SSSR count). The van der Waals surface area contributed by atoms with Crippen molar-refractivity contribution in [2.45, 2.75) is 51.2 Å². The summed E-state index contributed by atoms with van der Waals surface area (Å²) in [5, 5.41) is 8.21. The minimum atomic E-state index is 0.621. The van der Waals surface area contributed by atoms with Crippen molar-refractivity contribution in [2.75, 3.05) is 19.6 Å². The largest absolute Gasteiger partial charge is 0.314 e. The van der Waals surface area contributed by atoms with Crippen LogP contribution in [0.2, 0.25) is 0 Å². The molecule has 1 aromatic heterocycles. The standard InChI is InChI=1S/C14H24N4/c1-12-10-15-7-9-17(12)11-13-6-8-18(16-13)14-4-2-3-5-14/h6,8,12,14-15H,2-5,7,9-11H2,1H3/t12-/m0/s1. The first-order valence-corrected chi connectivity index (χ1v) is 7.32. The van der Waals surface area contributed by atoms with Crippen LogP contribution in [0.5, 0.6) is 0 Å². The van der Waals surface area contributed by atoms with E-state index in [0.717, 1.165) is 26.2 Å². The number of nitrogens with zero attached hydrogens (tertiary/aromatic N) is 3. The predicted molar refractivity (Wildman–Crippen MR) is 72.5 cm³/mol. The van der Waals surface area contributed by atoms with Gasteiger partial charge in [-0.15, -0.1) is 0 Å². The summed E-state index contributed by atoms with van der Waals surface area (Å²) < 4.78 is 2.20. The first-order valence-electron chi connectivity index (χ1n) is 7.32. The zero-order chi connectivity index (χ0) is 12.4. The number of rotatable bonds is 3. The Morgan fingerprint density at radius 1 is 1.39 bits per heavy atom. The lowest BCUT2D eigenvalue weighted by atomic mass is 10.2. The molecule has 18 heavy (non-hydrogen) atoms.